The van der Waals surface area contributed by atoms with Crippen molar-refractivity contribution in [3.8, 4) is 17.1 Å². The van der Waals surface area contributed by atoms with Gasteiger partial charge >= 0.3 is 5.69 Å². The Balaban J connectivity index is 1.91. The Morgan fingerprint density at radius 2 is 1.56 bits per heavy atom. The first-order chi connectivity index (χ1) is 15.7. The average Bonchev–Trinajstić information content (AvgIpc) is 2.82. The van der Waals surface area contributed by atoms with Crippen LogP contribution in [0.3, 0.4) is 0 Å². The summed E-state index contributed by atoms with van der Waals surface area (Å²) in [5, 5.41) is 5.24. The van der Waals surface area contributed by atoms with Crippen LogP contribution in [0.15, 0.2) is 82.4 Å². The van der Waals surface area contributed by atoms with Crippen LogP contribution < -0.4 is 11.2 Å². The highest BCUT2D eigenvalue weighted by Crippen LogP contribution is 2.40. The van der Waals surface area contributed by atoms with E-state index in [4.69, 9.17) is 0 Å². The number of nitrogens with zero attached hydrogens (tertiary/aromatic N) is 3. The normalized spacial score (nSPS) is 11.9. The minimum Gasteiger partial charge on any atom is -0.294 e. The Hall–Kier alpha value is -3.99. The fourth-order valence-corrected chi connectivity index (χ4v) is 4.85. The molecule has 0 saturated carbocycles. The summed E-state index contributed by atoms with van der Waals surface area (Å²) in [4.78, 5) is 31.1. The molecule has 0 bridgehead atoms. The van der Waals surface area contributed by atoms with E-state index in [-0.39, 0.29) is 5.56 Å². The summed E-state index contributed by atoms with van der Waals surface area (Å²) in [6.07, 6.45) is 1.65. The van der Waals surface area contributed by atoms with Gasteiger partial charge in [0.15, 0.2) is 5.82 Å². The predicted molar refractivity (Wildman–Crippen MR) is 129 cm³/mol. The zero-order chi connectivity index (χ0) is 21.8. The van der Waals surface area contributed by atoms with E-state index in [0.29, 0.717) is 17.9 Å². The Morgan fingerprint density at radius 3 is 2.31 bits per heavy atom. The zero-order valence-corrected chi connectivity index (χ0v) is 17.7. The summed E-state index contributed by atoms with van der Waals surface area (Å²) >= 11 is 0. The number of para-hydroxylation sites is 1. The van der Waals surface area contributed by atoms with Gasteiger partial charge in [-0.1, -0.05) is 67.9 Å². The first-order valence-electron chi connectivity index (χ1n) is 11.0. The number of unbranched alkanes of at least 4 members (excludes halogenated alkanes) is 1. The van der Waals surface area contributed by atoms with Crippen molar-refractivity contribution in [2.24, 2.45) is 0 Å². The number of hydrogen-bond donors (Lipinski definition) is 0. The van der Waals surface area contributed by atoms with Gasteiger partial charge in [0.1, 0.15) is 0 Å². The molecule has 2 aliphatic rings. The summed E-state index contributed by atoms with van der Waals surface area (Å²) in [5.74, 6) is 0.407. The van der Waals surface area contributed by atoms with Crippen molar-refractivity contribution < 1.29 is 0 Å². The van der Waals surface area contributed by atoms with Crippen molar-refractivity contribution in [1.29, 1.82) is 0 Å². The topological polar surface area (TPSA) is 56.9 Å². The number of benzene rings is 4. The molecule has 2 aliphatic heterocycles. The molecule has 0 radical (unpaired) electrons. The van der Waals surface area contributed by atoms with Crippen molar-refractivity contribution in [3.05, 3.63) is 93.6 Å². The van der Waals surface area contributed by atoms with Crippen LogP contribution in [0.2, 0.25) is 0 Å². The number of hydrogen-bond acceptors (Lipinski definition) is 3. The number of pyridine rings is 1. The molecule has 2 heterocycles. The van der Waals surface area contributed by atoms with Crippen LogP contribution in [0.5, 0.6) is 0 Å². The molecule has 0 amide bonds. The van der Waals surface area contributed by atoms with Crippen LogP contribution >= 0.6 is 0 Å². The summed E-state index contributed by atoms with van der Waals surface area (Å²) in [6.45, 7) is 2.42. The largest absolute Gasteiger partial charge is 0.352 e. The van der Waals surface area contributed by atoms with E-state index < -0.39 is 5.69 Å². The molecule has 0 saturated heterocycles. The van der Waals surface area contributed by atoms with Crippen LogP contribution in [0, 0.1) is 0 Å². The zero-order valence-electron chi connectivity index (χ0n) is 17.7. The molecule has 4 aromatic carbocycles. The van der Waals surface area contributed by atoms with Gasteiger partial charge in [0, 0.05) is 23.0 Å². The van der Waals surface area contributed by atoms with Gasteiger partial charge in [-0.05, 0) is 40.8 Å². The number of aromatic nitrogens is 3. The van der Waals surface area contributed by atoms with Crippen LogP contribution in [0.25, 0.3) is 49.5 Å². The Kier molecular flexibility index (Phi) is 4.12. The molecule has 4 aromatic rings. The van der Waals surface area contributed by atoms with Gasteiger partial charge in [-0.25, -0.2) is 4.79 Å². The first-order valence-corrected chi connectivity index (χ1v) is 11.0. The molecule has 0 spiro atoms. The van der Waals surface area contributed by atoms with E-state index in [1.54, 1.807) is 0 Å². The molecule has 32 heavy (non-hydrogen) atoms. The lowest BCUT2D eigenvalue weighted by Crippen LogP contribution is -2.38. The fraction of sp³-hybridized carbons (Fsp3) is 0.148. The maximum absolute atomic E-state index is 13.7. The number of rotatable bonds is 4. The van der Waals surface area contributed by atoms with Gasteiger partial charge in [0.25, 0.3) is 5.56 Å². The van der Waals surface area contributed by atoms with Crippen molar-refractivity contribution in [3.63, 3.8) is 0 Å². The van der Waals surface area contributed by atoms with Crippen LogP contribution in [-0.2, 0) is 6.54 Å². The van der Waals surface area contributed by atoms with Crippen molar-refractivity contribution in [2.75, 3.05) is 0 Å². The van der Waals surface area contributed by atoms with Gasteiger partial charge in [-0.2, -0.15) is 4.98 Å². The molecule has 5 heteroatoms. The second-order valence-electron chi connectivity index (χ2n) is 8.23. The molecule has 156 valence electrons. The van der Waals surface area contributed by atoms with E-state index in [0.717, 1.165) is 51.0 Å². The Labute approximate surface area is 183 Å². The molecule has 0 N–H and O–H groups in total. The molecule has 0 aromatic heterocycles. The molecule has 0 atom stereocenters. The molecular formula is C27H21N3O2. The van der Waals surface area contributed by atoms with E-state index in [1.165, 1.54) is 4.57 Å². The van der Waals surface area contributed by atoms with Crippen molar-refractivity contribution >= 4 is 32.4 Å². The smallest absolute Gasteiger partial charge is 0.294 e. The summed E-state index contributed by atoms with van der Waals surface area (Å²) < 4.78 is 3.24. The molecular weight excluding hydrogens is 398 g/mol. The quantitative estimate of drug-likeness (QED) is 0.292. The lowest BCUT2D eigenvalue weighted by Gasteiger charge is -2.22. The third-order valence-corrected chi connectivity index (χ3v) is 6.34. The average molecular weight is 419 g/mol. The van der Waals surface area contributed by atoms with Crippen LogP contribution in [-0.4, -0.2) is 14.1 Å². The van der Waals surface area contributed by atoms with Gasteiger partial charge < -0.3 is 0 Å². The monoisotopic (exact) mass is 419 g/mol. The Bertz CT molecular complexity index is 1680. The minimum absolute atomic E-state index is 0.268. The number of fused-ring (bicyclic) bond motifs is 2. The van der Waals surface area contributed by atoms with Crippen LogP contribution in [0.4, 0.5) is 0 Å². The summed E-state index contributed by atoms with van der Waals surface area (Å²) in [7, 11) is 0. The molecule has 0 fully saturated rings. The van der Waals surface area contributed by atoms with E-state index >= 15 is 0 Å². The standard InChI is InChI=1S/C27H21N3O2/c1-2-3-16-29-26(31)24-20-14-12-17-8-7-9-18-13-15-21(23(20)22(17)18)30(25(24)28-27(29)32)19-10-5-4-6-11-19/h4-15H,2-3,16H2,1H3. The van der Waals surface area contributed by atoms with Gasteiger partial charge in [0.2, 0.25) is 0 Å². The SMILES string of the molecule is CCCCn1c(=O)nc2n(-c3ccccc3)c3ccc4cccc5ccc(c-2c1=O)c3c54. The van der Waals surface area contributed by atoms with E-state index in [1.807, 2.05) is 54.0 Å². The predicted octanol–water partition coefficient (Wildman–Crippen LogP) is 5.20. The molecule has 5 nitrogen and oxygen atoms in total. The fourth-order valence-electron chi connectivity index (χ4n) is 4.85. The lowest BCUT2D eigenvalue weighted by atomic mass is 9.93. The van der Waals surface area contributed by atoms with Crippen LogP contribution in [0.1, 0.15) is 19.8 Å². The first kappa shape index (κ1) is 18.8. The maximum Gasteiger partial charge on any atom is 0.352 e. The van der Waals surface area contributed by atoms with Gasteiger partial charge in [-0.3, -0.25) is 13.9 Å². The van der Waals surface area contributed by atoms with Crippen molar-refractivity contribution in [2.45, 2.75) is 26.3 Å². The highest BCUT2D eigenvalue weighted by atomic mass is 16.2. The van der Waals surface area contributed by atoms with Gasteiger partial charge in [0.05, 0.1) is 11.1 Å². The second-order valence-corrected chi connectivity index (χ2v) is 8.23. The molecule has 0 aliphatic carbocycles. The van der Waals surface area contributed by atoms with Crippen molar-refractivity contribution in [1.82, 2.24) is 14.1 Å². The maximum atomic E-state index is 13.7. The Morgan fingerprint density at radius 1 is 0.812 bits per heavy atom. The molecule has 6 rings (SSSR count). The van der Waals surface area contributed by atoms with E-state index in [9.17, 15) is 9.59 Å². The lowest BCUT2D eigenvalue weighted by molar-refractivity contribution is 0.582. The second kappa shape index (κ2) is 7.02. The minimum atomic E-state index is -0.492. The summed E-state index contributed by atoms with van der Waals surface area (Å²) in [5.41, 5.74) is 1.54. The third-order valence-electron chi connectivity index (χ3n) is 6.34. The molecule has 0 unspecified atom stereocenters. The van der Waals surface area contributed by atoms with Gasteiger partial charge in [-0.15, -0.1) is 0 Å². The van der Waals surface area contributed by atoms with E-state index in [2.05, 4.69) is 35.3 Å². The third kappa shape index (κ3) is 2.54. The highest BCUT2D eigenvalue weighted by molar-refractivity contribution is 6.25. The summed E-state index contributed by atoms with van der Waals surface area (Å²) in [6, 6.07) is 24.3. The highest BCUT2D eigenvalue weighted by Gasteiger charge is 2.25.